The van der Waals surface area contributed by atoms with E-state index in [1.54, 1.807) is 19.9 Å². The van der Waals surface area contributed by atoms with E-state index in [-0.39, 0.29) is 28.5 Å². The summed E-state index contributed by atoms with van der Waals surface area (Å²) in [6.07, 6.45) is -5.65. The Morgan fingerprint density at radius 2 is 2.11 bits per heavy atom. The molecule has 0 aromatic carbocycles. The van der Waals surface area contributed by atoms with Crippen LogP contribution in [0.4, 0.5) is 34.0 Å². The zero-order valence-corrected chi connectivity index (χ0v) is 19.3. The molecule has 0 spiro atoms. The maximum absolute atomic E-state index is 15.0. The van der Waals surface area contributed by atoms with E-state index in [4.69, 9.17) is 16.3 Å². The first-order valence-corrected chi connectivity index (χ1v) is 11.1. The minimum absolute atomic E-state index is 0.0101. The van der Waals surface area contributed by atoms with Gasteiger partial charge in [-0.25, -0.2) is 18.7 Å². The van der Waals surface area contributed by atoms with Gasteiger partial charge in [-0.2, -0.15) is 10.2 Å². The van der Waals surface area contributed by atoms with Crippen LogP contribution >= 0.6 is 11.6 Å². The number of carbonyl (C=O) groups is 1. The van der Waals surface area contributed by atoms with E-state index in [0.29, 0.717) is 24.1 Å². The lowest BCUT2D eigenvalue weighted by Crippen LogP contribution is -2.36. The van der Waals surface area contributed by atoms with Crippen molar-refractivity contribution in [1.82, 2.24) is 30.1 Å². The number of amides is 1. The summed E-state index contributed by atoms with van der Waals surface area (Å²) in [5.41, 5.74) is 0.825. The molecule has 4 rings (SSSR count). The number of nitrogens with zero attached hydrogens (tertiary/aromatic N) is 4. The van der Waals surface area contributed by atoms with Gasteiger partial charge in [-0.15, -0.1) is 13.2 Å². The van der Waals surface area contributed by atoms with Crippen LogP contribution in [-0.4, -0.2) is 55.6 Å². The van der Waals surface area contributed by atoms with E-state index in [1.807, 2.05) is 0 Å². The highest BCUT2D eigenvalue weighted by molar-refractivity contribution is 6.29. The van der Waals surface area contributed by atoms with Crippen molar-refractivity contribution in [3.63, 3.8) is 0 Å². The van der Waals surface area contributed by atoms with Gasteiger partial charge < -0.3 is 15.4 Å². The second kappa shape index (κ2) is 9.85. The van der Waals surface area contributed by atoms with Crippen molar-refractivity contribution >= 4 is 34.8 Å². The van der Waals surface area contributed by atoms with Crippen molar-refractivity contribution in [2.75, 3.05) is 5.32 Å². The molecular formula is C20H22ClF4N7O3. The molecule has 10 nitrogen and oxygen atoms in total. The smallest absolute Gasteiger partial charge is 0.443 e. The van der Waals surface area contributed by atoms with Gasteiger partial charge in [-0.3, -0.25) is 9.84 Å². The summed E-state index contributed by atoms with van der Waals surface area (Å²) in [5, 5.41) is 16.4. The van der Waals surface area contributed by atoms with Crippen molar-refractivity contribution in [2.24, 2.45) is 0 Å². The lowest BCUT2D eigenvalue weighted by atomic mass is 10.0. The Hall–Kier alpha value is -3.13. The molecule has 3 aromatic heterocycles. The summed E-state index contributed by atoms with van der Waals surface area (Å²) in [6, 6.07) is 2.82. The molecule has 0 unspecified atom stereocenters. The molecule has 190 valence electrons. The molecule has 3 heterocycles. The molecule has 0 radical (unpaired) electrons. The molecule has 15 heteroatoms. The van der Waals surface area contributed by atoms with Gasteiger partial charge in [0.25, 0.3) is 0 Å². The SMILES string of the molecule is CC(C)NC(=O)O[C@@H]1CC[C@H](c2cc(Nc3nc(Cl)cn4nc(COC(F)(F)F)cc34)n[nH]2)[C@@H]1F. The molecular weight excluding hydrogens is 498 g/mol. The van der Waals surface area contributed by atoms with Gasteiger partial charge in [-0.05, 0) is 32.8 Å². The van der Waals surface area contributed by atoms with Crippen molar-refractivity contribution in [1.29, 1.82) is 0 Å². The average molecular weight is 520 g/mol. The van der Waals surface area contributed by atoms with Crippen LogP contribution in [0.3, 0.4) is 0 Å². The fourth-order valence-electron chi connectivity index (χ4n) is 3.82. The fraction of sp³-hybridized carbons (Fsp3) is 0.500. The molecule has 3 atom stereocenters. The number of ether oxygens (including phenoxy) is 2. The van der Waals surface area contributed by atoms with Gasteiger partial charge in [0.15, 0.2) is 11.6 Å². The van der Waals surface area contributed by atoms with Crippen molar-refractivity contribution < 1.29 is 31.8 Å². The van der Waals surface area contributed by atoms with E-state index < -0.39 is 37.3 Å². The highest BCUT2D eigenvalue weighted by atomic mass is 35.5. The third-order valence-corrected chi connectivity index (χ3v) is 5.45. The van der Waals surface area contributed by atoms with Crippen molar-refractivity contribution in [3.8, 4) is 0 Å². The summed E-state index contributed by atoms with van der Waals surface area (Å²) in [6.45, 7) is 2.76. The maximum Gasteiger partial charge on any atom is 0.522 e. The molecule has 1 aliphatic carbocycles. The summed E-state index contributed by atoms with van der Waals surface area (Å²) in [4.78, 5) is 16.0. The summed E-state index contributed by atoms with van der Waals surface area (Å²) in [5.74, 6) is -0.112. The number of alkyl halides is 4. The van der Waals surface area contributed by atoms with E-state index in [0.717, 1.165) is 0 Å². The average Bonchev–Trinajstić information content (AvgIpc) is 3.45. The molecule has 1 saturated carbocycles. The highest BCUT2D eigenvalue weighted by Crippen LogP contribution is 2.38. The zero-order chi connectivity index (χ0) is 25.3. The fourth-order valence-corrected chi connectivity index (χ4v) is 4.00. The number of H-pyrrole nitrogens is 1. The maximum atomic E-state index is 15.0. The first-order chi connectivity index (χ1) is 16.5. The second-order valence-corrected chi connectivity index (χ2v) is 8.70. The minimum atomic E-state index is -4.80. The lowest BCUT2D eigenvalue weighted by Gasteiger charge is -2.18. The molecule has 1 aliphatic rings. The van der Waals surface area contributed by atoms with Crippen LogP contribution < -0.4 is 10.6 Å². The Bertz CT molecular complexity index is 1200. The number of alkyl carbamates (subject to hydrolysis) is 1. The van der Waals surface area contributed by atoms with Crippen molar-refractivity contribution in [3.05, 3.63) is 34.9 Å². The second-order valence-electron chi connectivity index (χ2n) is 8.32. The lowest BCUT2D eigenvalue weighted by molar-refractivity contribution is -0.330. The minimum Gasteiger partial charge on any atom is -0.443 e. The molecule has 3 aromatic rings. The molecule has 35 heavy (non-hydrogen) atoms. The topological polar surface area (TPSA) is 118 Å². The van der Waals surface area contributed by atoms with Crippen LogP contribution in [0.15, 0.2) is 18.3 Å². The van der Waals surface area contributed by atoms with Crippen LogP contribution in [0.25, 0.3) is 5.52 Å². The van der Waals surface area contributed by atoms with Crippen LogP contribution in [0.5, 0.6) is 0 Å². The Labute approximate surface area is 201 Å². The van der Waals surface area contributed by atoms with Crippen LogP contribution in [0.2, 0.25) is 5.15 Å². The third-order valence-electron chi connectivity index (χ3n) is 5.27. The number of aromatic nitrogens is 5. The monoisotopic (exact) mass is 519 g/mol. The largest absolute Gasteiger partial charge is 0.522 e. The number of anilines is 2. The van der Waals surface area contributed by atoms with Gasteiger partial charge in [0.1, 0.15) is 29.6 Å². The van der Waals surface area contributed by atoms with E-state index in [1.165, 1.54) is 16.8 Å². The molecule has 3 N–H and O–H groups in total. The Morgan fingerprint density at radius 3 is 2.83 bits per heavy atom. The highest BCUT2D eigenvalue weighted by Gasteiger charge is 2.41. The summed E-state index contributed by atoms with van der Waals surface area (Å²) in [7, 11) is 0. The van der Waals surface area contributed by atoms with Crippen LogP contribution in [0, 0.1) is 0 Å². The standard InChI is InChI=1S/C20H22ClF4N7O3/c1-9(2)26-19(33)35-14-4-3-11(17(14)22)12-6-16(30-29-12)28-18-13-5-10(8-34-20(23,24)25)31-32(13)7-15(21)27-18/h5-7,9,11,14,17H,3-4,8H2,1-2H3,(H,26,33)(H2,27,28,29,30)/t11-,14-,17+/m1/s1. The predicted molar refractivity (Wildman–Crippen MR) is 116 cm³/mol. The van der Waals surface area contributed by atoms with Gasteiger partial charge in [0.2, 0.25) is 0 Å². The van der Waals surface area contributed by atoms with Gasteiger partial charge >= 0.3 is 12.5 Å². The van der Waals surface area contributed by atoms with E-state index >= 15 is 0 Å². The number of nitrogens with one attached hydrogen (secondary N) is 3. The molecule has 1 fully saturated rings. The Kier molecular flexibility index (Phi) is 7.03. The van der Waals surface area contributed by atoms with Gasteiger partial charge in [0.05, 0.1) is 11.9 Å². The molecule has 0 aliphatic heterocycles. The first-order valence-electron chi connectivity index (χ1n) is 10.7. The van der Waals surface area contributed by atoms with Gasteiger partial charge in [0, 0.05) is 23.7 Å². The number of halogens is 5. The number of carbonyl (C=O) groups excluding carboxylic acids is 1. The number of fused-ring (bicyclic) bond motifs is 1. The zero-order valence-electron chi connectivity index (χ0n) is 18.6. The van der Waals surface area contributed by atoms with Crippen molar-refractivity contribution in [2.45, 2.75) is 63.9 Å². The first kappa shape index (κ1) is 25.0. The normalized spacial score (nSPS) is 20.5. The number of hydrogen-bond acceptors (Lipinski definition) is 7. The Balaban J connectivity index is 1.46. The van der Waals surface area contributed by atoms with Crippen LogP contribution in [-0.2, 0) is 16.1 Å². The molecule has 0 bridgehead atoms. The quantitative estimate of drug-likeness (QED) is 0.390. The van der Waals surface area contributed by atoms with E-state index in [9.17, 15) is 22.4 Å². The van der Waals surface area contributed by atoms with Crippen LogP contribution in [0.1, 0.15) is 44.0 Å². The van der Waals surface area contributed by atoms with Gasteiger partial charge in [-0.1, -0.05) is 11.6 Å². The van der Waals surface area contributed by atoms with E-state index in [2.05, 4.69) is 35.7 Å². The summed E-state index contributed by atoms with van der Waals surface area (Å²) >= 11 is 6.02. The number of hydrogen-bond donors (Lipinski definition) is 3. The predicted octanol–water partition coefficient (Wildman–Crippen LogP) is 4.60. The summed E-state index contributed by atoms with van der Waals surface area (Å²) < 4.78 is 62.3. The molecule has 0 saturated heterocycles. The number of aromatic amines is 1. The molecule has 1 amide bonds. The third kappa shape index (κ3) is 6.11. The Morgan fingerprint density at radius 1 is 1.34 bits per heavy atom. The number of rotatable bonds is 7.